The zero-order chi connectivity index (χ0) is 12.2. The van der Waals surface area contributed by atoms with Gasteiger partial charge in [0.25, 0.3) is 0 Å². The number of hydrogen-bond donors (Lipinski definition) is 2. The summed E-state index contributed by atoms with van der Waals surface area (Å²) in [6, 6.07) is 0. The molecule has 0 bridgehead atoms. The molecule has 1 fully saturated rings. The quantitative estimate of drug-likeness (QED) is 0.768. The Hall–Kier alpha value is -1.26. The molecule has 0 unspecified atom stereocenters. The number of carbonyl (C=O) groups is 2. The van der Waals surface area contributed by atoms with Crippen molar-refractivity contribution in [3.63, 3.8) is 0 Å². The molecule has 0 aromatic rings. The zero-order valence-electron chi connectivity index (χ0n) is 9.78. The van der Waals surface area contributed by atoms with Crippen LogP contribution in [0, 0.1) is 11.3 Å². The highest BCUT2D eigenvalue weighted by Crippen LogP contribution is 2.43. The van der Waals surface area contributed by atoms with Crippen LogP contribution >= 0.6 is 0 Å². The van der Waals surface area contributed by atoms with E-state index in [0.29, 0.717) is 12.5 Å². The van der Waals surface area contributed by atoms with Gasteiger partial charge >= 0.3 is 12.1 Å². The summed E-state index contributed by atoms with van der Waals surface area (Å²) in [6.07, 6.45) is 2.34. The molecule has 0 radical (unpaired) electrons. The van der Waals surface area contributed by atoms with E-state index in [4.69, 9.17) is 5.11 Å². The van der Waals surface area contributed by atoms with Crippen molar-refractivity contribution < 1.29 is 19.4 Å². The Labute approximate surface area is 95.2 Å². The molecule has 92 valence electrons. The normalized spacial score (nSPS) is 28.8. The first-order valence-electron chi connectivity index (χ1n) is 5.51. The van der Waals surface area contributed by atoms with Gasteiger partial charge in [-0.05, 0) is 24.2 Å². The molecule has 0 saturated heterocycles. The lowest BCUT2D eigenvalue weighted by molar-refractivity contribution is -0.139. The second-order valence-corrected chi connectivity index (χ2v) is 4.76. The van der Waals surface area contributed by atoms with Crippen LogP contribution < -0.4 is 5.32 Å². The first-order valence-corrected chi connectivity index (χ1v) is 5.51. The Kier molecular flexibility index (Phi) is 4.15. The number of rotatable bonds is 4. The second kappa shape index (κ2) is 5.18. The van der Waals surface area contributed by atoms with Crippen molar-refractivity contribution in [2.45, 2.75) is 32.6 Å². The van der Waals surface area contributed by atoms with Gasteiger partial charge < -0.3 is 15.2 Å². The highest BCUT2D eigenvalue weighted by Gasteiger charge is 2.39. The number of ether oxygens (including phenoxy) is 1. The van der Waals surface area contributed by atoms with Gasteiger partial charge in [-0.15, -0.1) is 0 Å². The molecule has 0 heterocycles. The number of carboxylic acids is 1. The molecule has 1 amide bonds. The summed E-state index contributed by atoms with van der Waals surface area (Å²) in [6.45, 7) is 2.50. The monoisotopic (exact) mass is 229 g/mol. The molecule has 1 aliphatic rings. The van der Waals surface area contributed by atoms with Gasteiger partial charge in [-0.2, -0.15) is 0 Å². The van der Waals surface area contributed by atoms with E-state index in [9.17, 15) is 9.59 Å². The predicted octanol–water partition coefficient (Wildman–Crippen LogP) is 1.62. The molecule has 5 heteroatoms. The maximum Gasteiger partial charge on any atom is 0.406 e. The predicted molar refractivity (Wildman–Crippen MR) is 58.1 cm³/mol. The van der Waals surface area contributed by atoms with Crippen LogP contribution in [-0.4, -0.2) is 30.8 Å². The van der Waals surface area contributed by atoms with Gasteiger partial charge in [0, 0.05) is 6.54 Å². The lowest BCUT2D eigenvalue weighted by atomic mass is 9.82. The number of hydrogen-bond acceptors (Lipinski definition) is 3. The van der Waals surface area contributed by atoms with Gasteiger partial charge in [0.05, 0.1) is 13.5 Å². The minimum atomic E-state index is -0.805. The van der Waals surface area contributed by atoms with E-state index in [2.05, 4.69) is 17.0 Å². The minimum absolute atomic E-state index is 0.112. The lowest BCUT2D eigenvalue weighted by Crippen LogP contribution is -2.37. The number of carbonyl (C=O) groups excluding carboxylic acids is 1. The van der Waals surface area contributed by atoms with Gasteiger partial charge in [0.15, 0.2) is 0 Å². The molecule has 0 aromatic carbocycles. The summed E-state index contributed by atoms with van der Waals surface area (Å²) in [4.78, 5) is 21.8. The molecule has 5 nitrogen and oxygen atoms in total. The van der Waals surface area contributed by atoms with Gasteiger partial charge in [0.2, 0.25) is 0 Å². The Morgan fingerprint density at radius 3 is 2.69 bits per heavy atom. The average molecular weight is 229 g/mol. The molecule has 0 aliphatic heterocycles. The third kappa shape index (κ3) is 3.40. The maximum absolute atomic E-state index is 11.0. The topological polar surface area (TPSA) is 75.6 Å². The summed E-state index contributed by atoms with van der Waals surface area (Å²) in [7, 11) is 1.30. The highest BCUT2D eigenvalue weighted by atomic mass is 16.5. The molecular formula is C11H19NO4. The van der Waals surface area contributed by atoms with Crippen LogP contribution in [0.25, 0.3) is 0 Å². The van der Waals surface area contributed by atoms with Crippen LogP contribution in [0.2, 0.25) is 0 Å². The van der Waals surface area contributed by atoms with E-state index in [0.717, 1.165) is 19.3 Å². The van der Waals surface area contributed by atoms with E-state index in [1.165, 1.54) is 7.11 Å². The molecule has 16 heavy (non-hydrogen) atoms. The fourth-order valence-electron chi connectivity index (χ4n) is 2.53. The van der Waals surface area contributed by atoms with Crippen LogP contribution in [0.15, 0.2) is 0 Å². The van der Waals surface area contributed by atoms with Crippen LogP contribution in [-0.2, 0) is 9.53 Å². The van der Waals surface area contributed by atoms with Crippen molar-refractivity contribution in [1.82, 2.24) is 5.32 Å². The van der Waals surface area contributed by atoms with Crippen molar-refractivity contribution in [2.75, 3.05) is 13.7 Å². The average Bonchev–Trinajstić information content (AvgIpc) is 2.56. The van der Waals surface area contributed by atoms with E-state index in [-0.39, 0.29) is 11.8 Å². The molecule has 2 N–H and O–H groups in total. The van der Waals surface area contributed by atoms with Gasteiger partial charge in [-0.25, -0.2) is 4.79 Å². The van der Waals surface area contributed by atoms with Crippen molar-refractivity contribution in [2.24, 2.45) is 11.3 Å². The number of nitrogens with one attached hydrogen (secondary N) is 1. The molecule has 1 aliphatic carbocycles. The summed E-state index contributed by atoms with van der Waals surface area (Å²) in [5, 5.41) is 11.5. The molecular weight excluding hydrogens is 210 g/mol. The van der Waals surface area contributed by atoms with Gasteiger partial charge in [-0.1, -0.05) is 13.3 Å². The summed E-state index contributed by atoms with van der Waals surface area (Å²) in [5.41, 5.74) is -0.292. The zero-order valence-corrected chi connectivity index (χ0v) is 9.78. The fourth-order valence-corrected chi connectivity index (χ4v) is 2.53. The first kappa shape index (κ1) is 12.8. The summed E-state index contributed by atoms with van der Waals surface area (Å²) < 4.78 is 4.49. The maximum atomic E-state index is 11.0. The van der Waals surface area contributed by atoms with E-state index in [1.807, 2.05) is 0 Å². The van der Waals surface area contributed by atoms with Crippen LogP contribution in [0.1, 0.15) is 32.6 Å². The number of methoxy groups -OCH3 is 1. The standard InChI is InChI=1S/C11H19NO4/c1-8-3-4-11(5-8,6-9(13)14)7-12-10(15)16-2/h8H,3-7H2,1-2H3,(H,12,15)(H,13,14)/t8-,11+/m1/s1. The largest absolute Gasteiger partial charge is 0.481 e. The Bertz CT molecular complexity index is 279. The fraction of sp³-hybridized carbons (Fsp3) is 0.818. The lowest BCUT2D eigenvalue weighted by Gasteiger charge is -2.27. The Balaban J connectivity index is 2.57. The van der Waals surface area contributed by atoms with E-state index < -0.39 is 12.1 Å². The summed E-state index contributed by atoms with van der Waals surface area (Å²) in [5.74, 6) is -0.278. The van der Waals surface area contributed by atoms with E-state index in [1.54, 1.807) is 0 Å². The third-order valence-electron chi connectivity index (χ3n) is 3.27. The van der Waals surface area contributed by atoms with Crippen molar-refractivity contribution in [3.8, 4) is 0 Å². The third-order valence-corrected chi connectivity index (χ3v) is 3.27. The SMILES string of the molecule is COC(=O)NC[C@@]1(CC(=O)O)CC[C@@H](C)C1. The van der Waals surface area contributed by atoms with Crippen LogP contribution in [0.4, 0.5) is 4.79 Å². The molecule has 1 rings (SSSR count). The van der Waals surface area contributed by atoms with Crippen molar-refractivity contribution in [3.05, 3.63) is 0 Å². The van der Waals surface area contributed by atoms with Crippen LogP contribution in [0.5, 0.6) is 0 Å². The minimum Gasteiger partial charge on any atom is -0.481 e. The van der Waals surface area contributed by atoms with Gasteiger partial charge in [0.1, 0.15) is 0 Å². The van der Waals surface area contributed by atoms with Crippen molar-refractivity contribution in [1.29, 1.82) is 0 Å². The highest BCUT2D eigenvalue weighted by molar-refractivity contribution is 5.69. The molecule has 1 saturated carbocycles. The Morgan fingerprint density at radius 2 is 2.25 bits per heavy atom. The van der Waals surface area contributed by atoms with Gasteiger partial charge in [-0.3, -0.25) is 4.79 Å². The van der Waals surface area contributed by atoms with Crippen LogP contribution in [0.3, 0.4) is 0 Å². The second-order valence-electron chi connectivity index (χ2n) is 4.76. The smallest absolute Gasteiger partial charge is 0.406 e. The molecule has 2 atom stereocenters. The number of alkyl carbamates (subject to hydrolysis) is 1. The number of amides is 1. The van der Waals surface area contributed by atoms with Crippen molar-refractivity contribution >= 4 is 12.1 Å². The number of aliphatic carboxylic acids is 1. The van der Waals surface area contributed by atoms with E-state index >= 15 is 0 Å². The molecule has 0 spiro atoms. The summed E-state index contributed by atoms with van der Waals surface area (Å²) >= 11 is 0. The molecule has 0 aromatic heterocycles. The number of carboxylic acid groups (broad SMARTS) is 1. The first-order chi connectivity index (χ1) is 7.47. The Morgan fingerprint density at radius 1 is 1.56 bits per heavy atom.